The van der Waals surface area contributed by atoms with Gasteiger partial charge in [-0.15, -0.1) is 11.8 Å². The zero-order valence-corrected chi connectivity index (χ0v) is 13.7. The zero-order chi connectivity index (χ0) is 15.5. The van der Waals surface area contributed by atoms with E-state index in [1.807, 2.05) is 18.4 Å². The highest BCUT2D eigenvalue weighted by molar-refractivity contribution is 7.98. The van der Waals surface area contributed by atoms with E-state index in [0.29, 0.717) is 17.0 Å². The highest BCUT2D eigenvalue weighted by atomic mass is 32.2. The number of ether oxygens (including phenoxy) is 1. The molecule has 0 atom stereocenters. The summed E-state index contributed by atoms with van der Waals surface area (Å²) in [6, 6.07) is 12.1. The van der Waals surface area contributed by atoms with E-state index in [2.05, 4.69) is 4.72 Å². The maximum absolute atomic E-state index is 12.4. The molecule has 0 aliphatic rings. The number of nitrogens with one attached hydrogen (secondary N) is 1. The Morgan fingerprint density at radius 1 is 1.10 bits per heavy atom. The fraction of sp³-hybridized carbons (Fsp3) is 0.200. The van der Waals surface area contributed by atoms with Crippen LogP contribution in [0.5, 0.6) is 5.75 Å². The molecule has 2 aromatic carbocycles. The van der Waals surface area contributed by atoms with Gasteiger partial charge in [0.25, 0.3) is 10.0 Å². The normalized spacial score (nSPS) is 11.2. The Hall–Kier alpha value is -1.66. The Labute approximate surface area is 129 Å². The van der Waals surface area contributed by atoms with Crippen molar-refractivity contribution < 1.29 is 13.2 Å². The summed E-state index contributed by atoms with van der Waals surface area (Å²) in [5.41, 5.74) is 1.19. The number of anilines is 1. The first kappa shape index (κ1) is 15.7. The molecule has 1 N–H and O–H groups in total. The second-order valence-electron chi connectivity index (χ2n) is 4.47. The predicted octanol–water partition coefficient (Wildman–Crippen LogP) is 3.53. The molecule has 4 nitrogen and oxygen atoms in total. The zero-order valence-electron chi connectivity index (χ0n) is 12.1. The Bertz CT molecular complexity index is 725. The molecule has 21 heavy (non-hydrogen) atoms. The third-order valence-electron chi connectivity index (χ3n) is 3.01. The first-order valence-corrected chi connectivity index (χ1v) is 8.98. The predicted molar refractivity (Wildman–Crippen MR) is 86.8 cm³/mol. The summed E-state index contributed by atoms with van der Waals surface area (Å²) >= 11 is 1.61. The van der Waals surface area contributed by atoms with E-state index in [-0.39, 0.29) is 4.90 Å². The van der Waals surface area contributed by atoms with Gasteiger partial charge in [-0.05, 0) is 61.2 Å². The van der Waals surface area contributed by atoms with Gasteiger partial charge in [-0.3, -0.25) is 4.72 Å². The number of hydrogen-bond acceptors (Lipinski definition) is 4. The van der Waals surface area contributed by atoms with E-state index in [1.165, 1.54) is 0 Å². The van der Waals surface area contributed by atoms with Gasteiger partial charge in [0.1, 0.15) is 5.75 Å². The van der Waals surface area contributed by atoms with Gasteiger partial charge in [-0.25, -0.2) is 8.42 Å². The molecule has 0 spiro atoms. The lowest BCUT2D eigenvalue weighted by molar-refractivity contribution is 0.414. The number of hydrogen-bond donors (Lipinski definition) is 1. The fourth-order valence-corrected chi connectivity index (χ4v) is 3.61. The minimum atomic E-state index is -3.60. The van der Waals surface area contributed by atoms with Gasteiger partial charge in [0.15, 0.2) is 0 Å². The van der Waals surface area contributed by atoms with Crippen molar-refractivity contribution in [3.05, 3.63) is 48.0 Å². The van der Waals surface area contributed by atoms with Crippen LogP contribution < -0.4 is 9.46 Å². The standard InChI is InChI=1S/C15H17NO3S2/c1-11-10-13(19-2)6-9-15(11)21(17,18)16-12-4-7-14(20-3)8-5-12/h4-10,16H,1-3H3. The molecule has 0 fully saturated rings. The number of sulfonamides is 1. The van der Waals surface area contributed by atoms with Gasteiger partial charge in [0, 0.05) is 10.6 Å². The Kier molecular flexibility index (Phi) is 4.80. The molecule has 0 amide bonds. The SMILES string of the molecule is COc1ccc(S(=O)(=O)Nc2ccc(SC)cc2)c(C)c1. The molecule has 2 rings (SSSR count). The quantitative estimate of drug-likeness (QED) is 0.855. The van der Waals surface area contributed by atoms with Gasteiger partial charge >= 0.3 is 0 Å². The summed E-state index contributed by atoms with van der Waals surface area (Å²) in [6.07, 6.45) is 1.97. The smallest absolute Gasteiger partial charge is 0.262 e. The van der Waals surface area contributed by atoms with E-state index < -0.39 is 10.0 Å². The molecular formula is C15H17NO3S2. The topological polar surface area (TPSA) is 55.4 Å². The lowest BCUT2D eigenvalue weighted by Crippen LogP contribution is -2.14. The van der Waals surface area contributed by atoms with Gasteiger partial charge in [-0.2, -0.15) is 0 Å². The van der Waals surface area contributed by atoms with Crippen LogP contribution in [0.3, 0.4) is 0 Å². The Balaban J connectivity index is 2.29. The van der Waals surface area contributed by atoms with Gasteiger partial charge in [-0.1, -0.05) is 0 Å². The van der Waals surface area contributed by atoms with Crippen molar-refractivity contribution in [2.45, 2.75) is 16.7 Å². The van der Waals surface area contributed by atoms with Crippen LogP contribution in [0.25, 0.3) is 0 Å². The van der Waals surface area contributed by atoms with Crippen LogP contribution in [0.1, 0.15) is 5.56 Å². The molecule has 0 heterocycles. The molecule has 0 aliphatic heterocycles. The second-order valence-corrected chi connectivity index (χ2v) is 7.00. The molecule has 0 saturated heterocycles. The third-order valence-corrected chi connectivity index (χ3v) is 5.30. The summed E-state index contributed by atoms with van der Waals surface area (Å²) in [6.45, 7) is 1.74. The number of aryl methyl sites for hydroxylation is 1. The Morgan fingerprint density at radius 3 is 2.29 bits per heavy atom. The highest BCUT2D eigenvalue weighted by Gasteiger charge is 2.17. The number of rotatable bonds is 5. The van der Waals surface area contributed by atoms with Crippen LogP contribution in [0.2, 0.25) is 0 Å². The molecule has 0 aliphatic carbocycles. The van der Waals surface area contributed by atoms with Gasteiger partial charge in [0.05, 0.1) is 12.0 Å². The number of benzene rings is 2. The molecule has 0 radical (unpaired) electrons. The lowest BCUT2D eigenvalue weighted by atomic mass is 10.2. The van der Waals surface area contributed by atoms with Crippen LogP contribution in [0, 0.1) is 6.92 Å². The summed E-state index contributed by atoms with van der Waals surface area (Å²) in [5, 5.41) is 0. The average molecular weight is 323 g/mol. The van der Waals surface area contributed by atoms with E-state index in [9.17, 15) is 8.42 Å². The van der Waals surface area contributed by atoms with Gasteiger partial charge < -0.3 is 4.74 Å². The highest BCUT2D eigenvalue weighted by Crippen LogP contribution is 2.24. The first-order valence-electron chi connectivity index (χ1n) is 6.28. The first-order chi connectivity index (χ1) is 9.96. The summed E-state index contributed by atoms with van der Waals surface area (Å²) in [4.78, 5) is 1.33. The monoisotopic (exact) mass is 323 g/mol. The van der Waals surface area contributed by atoms with Crippen molar-refractivity contribution in [3.8, 4) is 5.75 Å². The molecule has 0 saturated carbocycles. The minimum Gasteiger partial charge on any atom is -0.497 e. The molecule has 2 aromatic rings. The number of thioether (sulfide) groups is 1. The van der Waals surface area contributed by atoms with Gasteiger partial charge in [0.2, 0.25) is 0 Å². The molecule has 112 valence electrons. The van der Waals surface area contributed by atoms with Crippen LogP contribution >= 0.6 is 11.8 Å². The van der Waals surface area contributed by atoms with E-state index in [1.54, 1.807) is 56.1 Å². The van der Waals surface area contributed by atoms with E-state index in [0.717, 1.165) is 4.90 Å². The van der Waals surface area contributed by atoms with E-state index in [4.69, 9.17) is 4.74 Å². The molecule has 0 aromatic heterocycles. The molecule has 6 heteroatoms. The summed E-state index contributed by atoms with van der Waals surface area (Å²) < 4.78 is 32.5. The number of methoxy groups -OCH3 is 1. The average Bonchev–Trinajstić information content (AvgIpc) is 2.47. The maximum Gasteiger partial charge on any atom is 0.262 e. The molecule has 0 unspecified atom stereocenters. The largest absolute Gasteiger partial charge is 0.497 e. The van der Waals surface area contributed by atoms with Crippen LogP contribution in [-0.2, 0) is 10.0 Å². The second kappa shape index (κ2) is 6.41. The van der Waals surface area contributed by atoms with Crippen molar-refractivity contribution in [2.75, 3.05) is 18.1 Å². The van der Waals surface area contributed by atoms with Crippen molar-refractivity contribution in [2.24, 2.45) is 0 Å². The fourth-order valence-electron chi connectivity index (χ4n) is 1.92. The maximum atomic E-state index is 12.4. The van der Waals surface area contributed by atoms with Crippen molar-refractivity contribution in [1.82, 2.24) is 0 Å². The van der Waals surface area contributed by atoms with Crippen molar-refractivity contribution in [3.63, 3.8) is 0 Å². The molecular weight excluding hydrogens is 306 g/mol. The minimum absolute atomic E-state index is 0.247. The summed E-state index contributed by atoms with van der Waals surface area (Å²) in [5.74, 6) is 0.635. The lowest BCUT2D eigenvalue weighted by Gasteiger charge is -2.11. The van der Waals surface area contributed by atoms with Crippen LogP contribution in [0.4, 0.5) is 5.69 Å². The van der Waals surface area contributed by atoms with Crippen LogP contribution in [0.15, 0.2) is 52.3 Å². The van der Waals surface area contributed by atoms with Crippen molar-refractivity contribution >= 4 is 27.5 Å². The summed E-state index contributed by atoms with van der Waals surface area (Å²) in [7, 11) is -2.05. The van der Waals surface area contributed by atoms with Crippen molar-refractivity contribution in [1.29, 1.82) is 0 Å². The van der Waals surface area contributed by atoms with E-state index >= 15 is 0 Å². The molecule has 0 bridgehead atoms. The van der Waals surface area contributed by atoms with Crippen LogP contribution in [-0.4, -0.2) is 21.8 Å². The Morgan fingerprint density at radius 2 is 1.76 bits per heavy atom. The third kappa shape index (κ3) is 3.71.